The van der Waals surface area contributed by atoms with Crippen molar-refractivity contribution in [2.45, 2.75) is 246 Å². The number of aliphatic hydroxyl groups is 13. The van der Waals surface area contributed by atoms with Crippen LogP contribution < -0.4 is 0 Å². The molecule has 9 aliphatic rings. The summed E-state index contributed by atoms with van der Waals surface area (Å²) in [6, 6.07) is 0. The lowest BCUT2D eigenvalue weighted by atomic mass is 9.46. The molecule has 9 rings (SSSR count). The topological polar surface area (TPSA) is 355 Å². The molecule has 13 N–H and O–H groups in total. The van der Waals surface area contributed by atoms with Gasteiger partial charge in [-0.2, -0.15) is 0 Å². The normalized spacial score (nSPS) is 55.3. The van der Waals surface area contributed by atoms with Gasteiger partial charge in [0.05, 0.1) is 44.2 Å². The third kappa shape index (κ3) is 9.93. The van der Waals surface area contributed by atoms with Gasteiger partial charge in [-0.15, -0.1) is 0 Å². The van der Waals surface area contributed by atoms with Crippen molar-refractivity contribution in [3.05, 3.63) is 11.6 Å². The Morgan fingerprint density at radius 2 is 1.24 bits per heavy atom. The average molecular weight is 1080 g/mol. The van der Waals surface area contributed by atoms with E-state index < -0.39 is 171 Å². The van der Waals surface area contributed by atoms with Crippen LogP contribution in [0.25, 0.3) is 0 Å². The number of rotatable bonds is 15. The Morgan fingerprint density at radius 3 is 1.85 bits per heavy atom. The van der Waals surface area contributed by atoms with Crippen LogP contribution in [0.15, 0.2) is 11.6 Å². The first-order valence-corrected chi connectivity index (χ1v) is 27.3. The SMILES string of the molecule is CO[C@]1(CC[C@@H](C)CO[C@@H]2O[C@H](CO)[C@@H](O)[C@H](O)[C@H]2O)O[C@H]2C[C@H]3[C@@H]4CC=C5C[C@@H](O[C@@H]6O[C@H](CO)[C@@H](O[C@@H]7O[C@@H](C)[C@H](O)[C@@H](O)[C@H]7O)[C@H](O)[C@H]6O[C@@H]6O[C@@H](C)[C@H](O)[C@@H](O)[C@H]6O)CC[C@]5(C)[C@H]4CC[C@]3(C)[C@@]2(O)[C@@H]1C. The van der Waals surface area contributed by atoms with Crippen molar-refractivity contribution in [1.82, 2.24) is 0 Å². The smallest absolute Gasteiger partial charge is 0.187 e. The van der Waals surface area contributed by atoms with Crippen LogP contribution in [-0.2, 0) is 47.4 Å². The molecule has 75 heavy (non-hydrogen) atoms. The van der Waals surface area contributed by atoms with Crippen LogP contribution >= 0.6 is 0 Å². The third-order valence-electron chi connectivity index (χ3n) is 20.0. The van der Waals surface area contributed by atoms with E-state index in [0.29, 0.717) is 38.0 Å². The van der Waals surface area contributed by atoms with Crippen molar-refractivity contribution in [2.24, 2.45) is 40.4 Å². The second-order valence-electron chi connectivity index (χ2n) is 24.1. The number of aliphatic hydroxyl groups excluding tert-OH is 12. The van der Waals surface area contributed by atoms with Crippen molar-refractivity contribution in [1.29, 1.82) is 0 Å². The van der Waals surface area contributed by atoms with Gasteiger partial charge in [-0.3, -0.25) is 0 Å². The molecule has 432 valence electrons. The minimum Gasteiger partial charge on any atom is -0.394 e. The maximum Gasteiger partial charge on any atom is 0.187 e. The molecule has 23 nitrogen and oxygen atoms in total. The van der Waals surface area contributed by atoms with Gasteiger partial charge in [0.25, 0.3) is 0 Å². The second kappa shape index (κ2) is 22.3. The van der Waals surface area contributed by atoms with E-state index in [0.717, 1.165) is 25.7 Å². The number of methoxy groups -OCH3 is 1. The van der Waals surface area contributed by atoms with Gasteiger partial charge in [-0.1, -0.05) is 39.3 Å². The summed E-state index contributed by atoms with van der Waals surface area (Å²) in [6.45, 7) is 10.3. The van der Waals surface area contributed by atoms with Gasteiger partial charge >= 0.3 is 0 Å². The number of ether oxygens (including phenoxy) is 10. The second-order valence-corrected chi connectivity index (χ2v) is 24.1. The van der Waals surface area contributed by atoms with Crippen LogP contribution in [0, 0.1) is 40.4 Å². The molecule has 0 amide bonds. The monoisotopic (exact) mass is 1080 g/mol. The standard InChI is InChI=1S/C52H86O23/c1-21(20-67-45-39(61)38(60)35(57)30(18-53)71-45)10-15-51(66-7)24(4)52(65)32(75-51)17-29-27-9-8-25-16-26(11-13-49(25,5)28(27)12-14-50(29,52)6)70-48-44(74-47-41(63)37(59)34(56)23(3)69-47)42(64)43(31(19-54)72-48)73-46-40(62)36(58)33(55)22(2)68-46/h8,21-24,26-48,53-65H,9-20H2,1-7H3/t21-,22+,23+,24-,26+,27-,28+,29+,30-,31-,32+,33+,34+,35-,36-,37-,38+,39-,40-,41-,42+,43-,44-,45-,46+,47+,48-,49+,50+,51-,52-/m1/s1. The first-order valence-electron chi connectivity index (χ1n) is 27.3. The van der Waals surface area contributed by atoms with E-state index >= 15 is 0 Å². The summed E-state index contributed by atoms with van der Waals surface area (Å²) >= 11 is 0. The quantitative estimate of drug-likeness (QED) is 0.0773. The molecule has 0 aromatic carbocycles. The Morgan fingerprint density at radius 1 is 0.653 bits per heavy atom. The van der Waals surface area contributed by atoms with Crippen molar-refractivity contribution >= 4 is 0 Å². The summed E-state index contributed by atoms with van der Waals surface area (Å²) in [5.41, 5.74) is -0.665. The zero-order valence-electron chi connectivity index (χ0n) is 44.0. The van der Waals surface area contributed by atoms with Gasteiger partial charge in [0, 0.05) is 24.9 Å². The van der Waals surface area contributed by atoms with Crippen molar-refractivity contribution < 1.29 is 114 Å². The summed E-state index contributed by atoms with van der Waals surface area (Å²) < 4.78 is 61.1. The molecule has 5 saturated heterocycles. The first kappa shape index (κ1) is 58.5. The zero-order valence-corrected chi connectivity index (χ0v) is 44.0. The summed E-state index contributed by atoms with van der Waals surface area (Å²) in [7, 11) is 1.61. The van der Waals surface area contributed by atoms with Crippen LogP contribution in [-0.4, -0.2) is 240 Å². The van der Waals surface area contributed by atoms with E-state index in [2.05, 4.69) is 19.9 Å². The van der Waals surface area contributed by atoms with E-state index in [1.165, 1.54) is 19.4 Å². The van der Waals surface area contributed by atoms with E-state index in [-0.39, 0.29) is 29.8 Å². The van der Waals surface area contributed by atoms with Crippen molar-refractivity contribution in [3.8, 4) is 0 Å². The molecule has 0 bridgehead atoms. The van der Waals surface area contributed by atoms with Crippen molar-refractivity contribution in [3.63, 3.8) is 0 Å². The number of fused-ring (bicyclic) bond motifs is 7. The predicted molar refractivity (Wildman–Crippen MR) is 255 cm³/mol. The fourth-order valence-electron chi connectivity index (χ4n) is 15.2. The molecule has 4 aliphatic carbocycles. The lowest BCUT2D eigenvalue weighted by Gasteiger charge is -2.59. The molecule has 5 heterocycles. The molecule has 0 aromatic rings. The lowest BCUT2D eigenvalue weighted by molar-refractivity contribution is -0.388. The van der Waals surface area contributed by atoms with Crippen LogP contribution in [0.5, 0.6) is 0 Å². The average Bonchev–Trinajstić information content (AvgIpc) is 3.76. The van der Waals surface area contributed by atoms with E-state index in [1.807, 2.05) is 13.8 Å². The number of allylic oxidation sites excluding steroid dienone is 1. The largest absolute Gasteiger partial charge is 0.394 e. The first-order chi connectivity index (χ1) is 35.4. The predicted octanol–water partition coefficient (Wildman–Crippen LogP) is -2.21. The molecule has 0 radical (unpaired) electrons. The van der Waals surface area contributed by atoms with Gasteiger partial charge in [0.1, 0.15) is 91.1 Å². The van der Waals surface area contributed by atoms with E-state index in [9.17, 15) is 66.4 Å². The van der Waals surface area contributed by atoms with Crippen molar-refractivity contribution in [2.75, 3.05) is 26.9 Å². The Bertz CT molecular complexity index is 1970. The molecule has 5 aliphatic heterocycles. The molecular weight excluding hydrogens is 993 g/mol. The highest BCUT2D eigenvalue weighted by molar-refractivity contribution is 5.29. The zero-order chi connectivity index (χ0) is 54.4. The molecule has 0 unspecified atom stereocenters. The van der Waals surface area contributed by atoms with Crippen LogP contribution in [0.1, 0.15) is 99.3 Å². The summed E-state index contributed by atoms with van der Waals surface area (Å²) in [5, 5.41) is 140. The van der Waals surface area contributed by atoms with Crippen LogP contribution in [0.4, 0.5) is 0 Å². The van der Waals surface area contributed by atoms with Crippen LogP contribution in [0.3, 0.4) is 0 Å². The highest BCUT2D eigenvalue weighted by Gasteiger charge is 2.76. The third-order valence-corrected chi connectivity index (χ3v) is 20.0. The Hall–Kier alpha value is -1.18. The summed E-state index contributed by atoms with van der Waals surface area (Å²) in [4.78, 5) is 0. The highest BCUT2D eigenvalue weighted by Crippen LogP contribution is 2.72. The van der Waals surface area contributed by atoms with Gasteiger partial charge in [-0.25, -0.2) is 0 Å². The summed E-state index contributed by atoms with van der Waals surface area (Å²) in [6.07, 6.45) is -21.8. The molecule has 0 spiro atoms. The molecule has 23 heteroatoms. The number of hydrogen-bond donors (Lipinski definition) is 13. The van der Waals surface area contributed by atoms with Gasteiger partial charge in [0.15, 0.2) is 30.9 Å². The molecule has 31 atom stereocenters. The Labute approximate surface area is 437 Å². The molecular formula is C52H86O23. The molecule has 3 saturated carbocycles. The molecule has 0 aromatic heterocycles. The lowest BCUT2D eigenvalue weighted by Crippen LogP contribution is -2.66. The highest BCUT2D eigenvalue weighted by atomic mass is 16.8. The van der Waals surface area contributed by atoms with E-state index in [1.54, 1.807) is 7.11 Å². The fraction of sp³-hybridized carbons (Fsp3) is 0.962. The Kier molecular flexibility index (Phi) is 17.4. The maximum atomic E-state index is 13.1. The minimum atomic E-state index is -1.76. The van der Waals surface area contributed by atoms with Gasteiger partial charge in [0.2, 0.25) is 0 Å². The van der Waals surface area contributed by atoms with Gasteiger partial charge in [-0.05, 0) is 94.3 Å². The Balaban J connectivity index is 0.866. The minimum absolute atomic E-state index is 0.0883. The fourth-order valence-corrected chi connectivity index (χ4v) is 15.2. The van der Waals surface area contributed by atoms with E-state index in [4.69, 9.17) is 47.4 Å². The van der Waals surface area contributed by atoms with Gasteiger partial charge < -0.3 is 114 Å². The maximum absolute atomic E-state index is 13.1. The van der Waals surface area contributed by atoms with Crippen LogP contribution in [0.2, 0.25) is 0 Å². The molecule has 8 fully saturated rings. The summed E-state index contributed by atoms with van der Waals surface area (Å²) in [5.74, 6) is -0.867. The number of hydrogen-bond acceptors (Lipinski definition) is 23.